The maximum Gasteiger partial charge on any atom is 0.253 e. The summed E-state index contributed by atoms with van der Waals surface area (Å²) >= 11 is 7.89. The first-order valence-electron chi connectivity index (χ1n) is 11.4. The lowest BCUT2D eigenvalue weighted by Crippen LogP contribution is -2.36. The minimum atomic E-state index is -0.464. The van der Waals surface area contributed by atoms with Crippen LogP contribution in [0.4, 0.5) is 0 Å². The van der Waals surface area contributed by atoms with Crippen LogP contribution in [0.15, 0.2) is 78.9 Å². The lowest BCUT2D eigenvalue weighted by molar-refractivity contribution is -0.132. The SMILES string of the molecule is O=C(NC(CC(=O)N1CCCC1c1nc2ccccc2s1)c1ccccc1)c1ccccc1Cl. The largest absolute Gasteiger partial charge is 0.345 e. The Bertz CT molecular complexity index is 1290. The maximum absolute atomic E-state index is 13.5. The number of fused-ring (bicyclic) bond motifs is 1. The molecule has 7 heteroatoms. The summed E-state index contributed by atoms with van der Waals surface area (Å²) in [4.78, 5) is 33.3. The van der Waals surface area contributed by atoms with E-state index in [0.717, 1.165) is 33.6 Å². The molecule has 0 aliphatic carbocycles. The molecule has 2 amide bonds. The molecule has 172 valence electrons. The van der Waals surface area contributed by atoms with E-state index < -0.39 is 6.04 Å². The number of likely N-dealkylation sites (tertiary alicyclic amines) is 1. The average molecular weight is 490 g/mol. The van der Waals surface area contributed by atoms with Gasteiger partial charge < -0.3 is 10.2 Å². The number of halogens is 1. The minimum Gasteiger partial charge on any atom is -0.345 e. The first-order chi connectivity index (χ1) is 16.6. The first-order valence-corrected chi connectivity index (χ1v) is 12.5. The topological polar surface area (TPSA) is 62.3 Å². The van der Waals surface area contributed by atoms with Crippen LogP contribution in [0.3, 0.4) is 0 Å². The highest BCUT2D eigenvalue weighted by molar-refractivity contribution is 7.18. The zero-order valence-corrected chi connectivity index (χ0v) is 20.1. The highest BCUT2D eigenvalue weighted by Gasteiger charge is 2.33. The quantitative estimate of drug-likeness (QED) is 0.352. The van der Waals surface area contributed by atoms with Crippen molar-refractivity contribution in [2.24, 2.45) is 0 Å². The van der Waals surface area contributed by atoms with Gasteiger partial charge in [-0.15, -0.1) is 11.3 Å². The number of nitrogens with one attached hydrogen (secondary N) is 1. The van der Waals surface area contributed by atoms with Crippen molar-refractivity contribution in [1.82, 2.24) is 15.2 Å². The van der Waals surface area contributed by atoms with Crippen LogP contribution in [0, 0.1) is 0 Å². The number of hydrogen-bond donors (Lipinski definition) is 1. The molecule has 2 atom stereocenters. The van der Waals surface area contributed by atoms with E-state index in [9.17, 15) is 9.59 Å². The van der Waals surface area contributed by atoms with Gasteiger partial charge in [-0.2, -0.15) is 0 Å². The van der Waals surface area contributed by atoms with Gasteiger partial charge in [0.05, 0.1) is 39.3 Å². The molecule has 5 nitrogen and oxygen atoms in total. The summed E-state index contributed by atoms with van der Waals surface area (Å²) in [5.41, 5.74) is 2.24. The fraction of sp³-hybridized carbons (Fsp3) is 0.222. The molecular formula is C27H24ClN3O2S. The van der Waals surface area contributed by atoms with Gasteiger partial charge in [-0.05, 0) is 42.7 Å². The molecule has 1 aliphatic rings. The Morgan fingerprint density at radius 2 is 1.76 bits per heavy atom. The van der Waals surface area contributed by atoms with Gasteiger partial charge in [-0.25, -0.2) is 4.98 Å². The van der Waals surface area contributed by atoms with E-state index in [1.807, 2.05) is 53.4 Å². The summed E-state index contributed by atoms with van der Waals surface area (Å²) in [5, 5.41) is 4.40. The van der Waals surface area contributed by atoms with Crippen molar-refractivity contribution in [3.63, 3.8) is 0 Å². The van der Waals surface area contributed by atoms with Gasteiger partial charge in [0.2, 0.25) is 5.91 Å². The van der Waals surface area contributed by atoms with E-state index in [4.69, 9.17) is 16.6 Å². The van der Waals surface area contributed by atoms with E-state index in [-0.39, 0.29) is 24.3 Å². The number of rotatable bonds is 6. The molecule has 1 N–H and O–H groups in total. The van der Waals surface area contributed by atoms with Crippen molar-refractivity contribution in [1.29, 1.82) is 0 Å². The van der Waals surface area contributed by atoms with Crippen molar-refractivity contribution in [2.45, 2.75) is 31.3 Å². The highest BCUT2D eigenvalue weighted by atomic mass is 35.5. The second kappa shape index (κ2) is 9.95. The molecule has 0 spiro atoms. The smallest absolute Gasteiger partial charge is 0.253 e. The van der Waals surface area contributed by atoms with Crippen LogP contribution in [-0.2, 0) is 4.79 Å². The van der Waals surface area contributed by atoms with Crippen molar-refractivity contribution >= 4 is 45.0 Å². The van der Waals surface area contributed by atoms with Gasteiger partial charge in [-0.3, -0.25) is 9.59 Å². The van der Waals surface area contributed by atoms with E-state index in [1.54, 1.807) is 35.6 Å². The van der Waals surface area contributed by atoms with Crippen LogP contribution >= 0.6 is 22.9 Å². The molecule has 0 radical (unpaired) electrons. The summed E-state index contributed by atoms with van der Waals surface area (Å²) in [6, 6.07) is 24.1. The van der Waals surface area contributed by atoms with Crippen LogP contribution in [0.5, 0.6) is 0 Å². The lowest BCUT2D eigenvalue weighted by atomic mass is 10.0. The number of carbonyl (C=O) groups is 2. The summed E-state index contributed by atoms with van der Waals surface area (Å²) in [6.45, 7) is 0.694. The van der Waals surface area contributed by atoms with E-state index in [1.165, 1.54) is 0 Å². The normalized spacial score (nSPS) is 16.5. The van der Waals surface area contributed by atoms with Crippen LogP contribution in [0.25, 0.3) is 10.2 Å². The predicted octanol–water partition coefficient (Wildman–Crippen LogP) is 6.17. The molecule has 0 saturated carbocycles. The third-order valence-electron chi connectivity index (χ3n) is 6.17. The molecule has 1 saturated heterocycles. The Morgan fingerprint density at radius 3 is 2.56 bits per heavy atom. The van der Waals surface area contributed by atoms with E-state index in [2.05, 4.69) is 11.4 Å². The van der Waals surface area contributed by atoms with Crippen molar-refractivity contribution in [3.8, 4) is 0 Å². The van der Waals surface area contributed by atoms with Gasteiger partial charge in [0.25, 0.3) is 5.91 Å². The number of carbonyl (C=O) groups excluding carboxylic acids is 2. The third kappa shape index (κ3) is 4.69. The number of amides is 2. The molecule has 1 fully saturated rings. The minimum absolute atomic E-state index is 0.00932. The third-order valence-corrected chi connectivity index (χ3v) is 7.64. The first kappa shape index (κ1) is 22.6. The second-order valence-corrected chi connectivity index (χ2v) is 9.86. The zero-order chi connectivity index (χ0) is 23.5. The molecular weight excluding hydrogens is 466 g/mol. The fourth-order valence-electron chi connectivity index (χ4n) is 4.47. The Labute approximate surface area is 207 Å². The van der Waals surface area contributed by atoms with Crippen molar-refractivity contribution < 1.29 is 9.59 Å². The van der Waals surface area contributed by atoms with Crippen LogP contribution in [0.2, 0.25) is 5.02 Å². The number of hydrogen-bond acceptors (Lipinski definition) is 4. The van der Waals surface area contributed by atoms with Crippen molar-refractivity contribution in [2.75, 3.05) is 6.54 Å². The summed E-state index contributed by atoms with van der Waals surface area (Å²) in [6.07, 6.45) is 2.00. The number of thiazole rings is 1. The Kier molecular flexibility index (Phi) is 6.61. The van der Waals surface area contributed by atoms with E-state index in [0.29, 0.717) is 17.1 Å². The van der Waals surface area contributed by atoms with Crippen LogP contribution < -0.4 is 5.32 Å². The molecule has 2 unspecified atom stereocenters. The standard InChI is InChI=1S/C27H24ClN3O2S/c28-20-12-5-4-11-19(20)26(33)29-22(18-9-2-1-3-10-18)17-25(32)31-16-8-14-23(31)27-30-21-13-6-7-15-24(21)34-27/h1-7,9-13,15,22-23H,8,14,16-17H2,(H,29,33). The Balaban J connectivity index is 1.37. The highest BCUT2D eigenvalue weighted by Crippen LogP contribution is 2.37. The van der Waals surface area contributed by atoms with Crippen LogP contribution in [0.1, 0.15) is 52.3 Å². The molecule has 0 bridgehead atoms. The van der Waals surface area contributed by atoms with Gasteiger partial charge in [-0.1, -0.05) is 66.2 Å². The van der Waals surface area contributed by atoms with Crippen molar-refractivity contribution in [3.05, 3.63) is 100 Å². The van der Waals surface area contributed by atoms with Gasteiger partial charge in [0.15, 0.2) is 0 Å². The number of benzene rings is 3. The van der Waals surface area contributed by atoms with Gasteiger partial charge >= 0.3 is 0 Å². The van der Waals surface area contributed by atoms with E-state index >= 15 is 0 Å². The van der Waals surface area contributed by atoms with Crippen LogP contribution in [-0.4, -0.2) is 28.2 Å². The summed E-state index contributed by atoms with van der Waals surface area (Å²) in [7, 11) is 0. The molecule has 1 aliphatic heterocycles. The molecule has 5 rings (SSSR count). The van der Waals surface area contributed by atoms with Gasteiger partial charge in [0.1, 0.15) is 5.01 Å². The lowest BCUT2D eigenvalue weighted by Gasteiger charge is -2.26. The number of nitrogens with zero attached hydrogens (tertiary/aromatic N) is 2. The molecule has 4 aromatic rings. The Hall–Kier alpha value is -3.22. The molecule has 34 heavy (non-hydrogen) atoms. The average Bonchev–Trinajstić information content (AvgIpc) is 3.51. The predicted molar refractivity (Wildman–Crippen MR) is 136 cm³/mol. The summed E-state index contributed by atoms with van der Waals surface area (Å²) < 4.78 is 1.13. The zero-order valence-electron chi connectivity index (χ0n) is 18.5. The maximum atomic E-state index is 13.5. The molecule has 2 heterocycles. The number of aromatic nitrogens is 1. The van der Waals surface area contributed by atoms with Gasteiger partial charge in [0, 0.05) is 6.54 Å². The second-order valence-electron chi connectivity index (χ2n) is 8.39. The monoisotopic (exact) mass is 489 g/mol. The fourth-order valence-corrected chi connectivity index (χ4v) is 5.80. The molecule has 1 aromatic heterocycles. The summed E-state index contributed by atoms with van der Waals surface area (Å²) in [5.74, 6) is -0.286. The Morgan fingerprint density at radius 1 is 1.03 bits per heavy atom. The number of para-hydroxylation sites is 1. The molecule has 3 aromatic carbocycles.